The number of para-hydroxylation sites is 1. The van der Waals surface area contributed by atoms with Gasteiger partial charge >= 0.3 is 0 Å². The summed E-state index contributed by atoms with van der Waals surface area (Å²) in [4.78, 5) is 16.0. The van der Waals surface area contributed by atoms with Gasteiger partial charge in [-0.1, -0.05) is 30.1 Å². The maximum atomic E-state index is 10.8. The van der Waals surface area contributed by atoms with Gasteiger partial charge in [-0.25, -0.2) is 0 Å². The van der Waals surface area contributed by atoms with Gasteiger partial charge in [0.25, 0.3) is 5.69 Å². The van der Waals surface area contributed by atoms with Crippen LogP contribution in [0.25, 0.3) is 0 Å². The van der Waals surface area contributed by atoms with Crippen molar-refractivity contribution in [1.82, 2.24) is 0 Å². The normalized spacial score (nSPS) is 14.9. The number of nitro benzene ring substituents is 1. The lowest BCUT2D eigenvalue weighted by Crippen LogP contribution is -2.14. The van der Waals surface area contributed by atoms with Crippen LogP contribution in [0.4, 0.5) is 5.69 Å². The molecule has 1 fully saturated rings. The van der Waals surface area contributed by atoms with Crippen LogP contribution in [-0.2, 0) is 0 Å². The van der Waals surface area contributed by atoms with Gasteiger partial charge in [0.05, 0.1) is 16.2 Å². The first-order valence-corrected chi connectivity index (χ1v) is 8.18. The van der Waals surface area contributed by atoms with Gasteiger partial charge in [-0.05, 0) is 37.1 Å². The second-order valence-corrected chi connectivity index (χ2v) is 5.96. The molecular weight excluding hydrogens is 318 g/mol. The maximum Gasteiger partial charge on any atom is 0.269 e. The van der Waals surface area contributed by atoms with E-state index in [9.17, 15) is 10.1 Å². The second-order valence-electron chi connectivity index (χ2n) is 5.96. The molecule has 0 amide bonds. The number of nitriles is 1. The number of hydrogen-bond acceptors (Lipinski definition) is 5. The fraction of sp³-hybridized carbons (Fsp3) is 0.263. The lowest BCUT2D eigenvalue weighted by molar-refractivity contribution is -0.384. The number of non-ortho nitro benzene ring substituents is 1. The summed E-state index contributed by atoms with van der Waals surface area (Å²) in [6, 6.07) is 15.4. The summed E-state index contributed by atoms with van der Waals surface area (Å²) in [6.07, 6.45) is 4.29. The molecule has 1 aliphatic carbocycles. The molecule has 126 valence electrons. The predicted molar refractivity (Wildman–Crippen MR) is 93.4 cm³/mol. The summed E-state index contributed by atoms with van der Waals surface area (Å²) >= 11 is 0. The third-order valence-electron chi connectivity index (χ3n) is 4.37. The molecule has 6 nitrogen and oxygen atoms in total. The third kappa shape index (κ3) is 3.83. The highest BCUT2D eigenvalue weighted by Gasteiger charge is 2.23. The van der Waals surface area contributed by atoms with E-state index in [1.54, 1.807) is 36.4 Å². The van der Waals surface area contributed by atoms with Crippen molar-refractivity contribution < 1.29 is 9.76 Å². The summed E-state index contributed by atoms with van der Waals surface area (Å²) in [6.45, 7) is 0. The molecule has 0 saturated heterocycles. The van der Waals surface area contributed by atoms with Gasteiger partial charge in [-0.2, -0.15) is 5.26 Å². The Morgan fingerprint density at radius 2 is 1.84 bits per heavy atom. The lowest BCUT2D eigenvalue weighted by atomic mass is 9.95. The Morgan fingerprint density at radius 3 is 2.48 bits per heavy atom. The van der Waals surface area contributed by atoms with E-state index in [1.165, 1.54) is 12.1 Å². The van der Waals surface area contributed by atoms with Crippen molar-refractivity contribution in [1.29, 1.82) is 5.26 Å². The quantitative estimate of drug-likeness (QED) is 0.459. The van der Waals surface area contributed by atoms with Crippen LogP contribution in [0, 0.1) is 27.4 Å². The van der Waals surface area contributed by atoms with Gasteiger partial charge in [-0.3, -0.25) is 10.1 Å². The molecule has 0 aliphatic heterocycles. The molecule has 3 rings (SSSR count). The van der Waals surface area contributed by atoms with Crippen LogP contribution >= 0.6 is 0 Å². The van der Waals surface area contributed by atoms with Crippen molar-refractivity contribution in [2.75, 3.05) is 0 Å². The number of hydrogen-bond donors (Lipinski definition) is 0. The topological polar surface area (TPSA) is 88.5 Å². The summed E-state index contributed by atoms with van der Waals surface area (Å²) in [5, 5.41) is 24.3. The van der Waals surface area contributed by atoms with Crippen molar-refractivity contribution in [3.8, 4) is 11.8 Å². The highest BCUT2D eigenvalue weighted by molar-refractivity contribution is 6.02. The Kier molecular flexibility index (Phi) is 5.05. The largest absolute Gasteiger partial charge is 0.355 e. The zero-order chi connectivity index (χ0) is 17.6. The van der Waals surface area contributed by atoms with E-state index in [0.717, 1.165) is 37.0 Å². The SMILES string of the molecule is N#Cc1ccccc1O/N=C(/c1ccc([N+](=O)[O-])cc1)C1CCCC1. The molecule has 0 heterocycles. The fourth-order valence-electron chi connectivity index (χ4n) is 3.05. The van der Waals surface area contributed by atoms with Crippen molar-refractivity contribution in [3.63, 3.8) is 0 Å². The molecule has 0 atom stereocenters. The zero-order valence-electron chi connectivity index (χ0n) is 13.6. The standard InChI is InChI=1S/C19H17N3O3/c20-13-16-7-3-4-8-18(16)25-21-19(14-5-1-2-6-14)15-9-11-17(12-10-15)22(23)24/h3-4,7-12,14H,1-2,5-6H2/b21-19+. The number of nitrogens with zero attached hydrogens (tertiary/aromatic N) is 3. The Balaban J connectivity index is 1.92. The molecule has 0 aromatic heterocycles. The van der Waals surface area contributed by atoms with Crippen LogP contribution in [0.2, 0.25) is 0 Å². The third-order valence-corrected chi connectivity index (χ3v) is 4.37. The first-order valence-electron chi connectivity index (χ1n) is 8.18. The van der Waals surface area contributed by atoms with Crippen molar-refractivity contribution in [2.24, 2.45) is 11.1 Å². The molecule has 0 N–H and O–H groups in total. The molecule has 0 spiro atoms. The number of nitro groups is 1. The lowest BCUT2D eigenvalue weighted by Gasteiger charge is -2.13. The van der Waals surface area contributed by atoms with Crippen LogP contribution in [0.1, 0.15) is 36.8 Å². The Hall–Kier alpha value is -3.20. The molecule has 1 aliphatic rings. The van der Waals surface area contributed by atoms with E-state index in [-0.39, 0.29) is 11.6 Å². The van der Waals surface area contributed by atoms with Gasteiger partial charge in [-0.15, -0.1) is 0 Å². The molecule has 2 aromatic carbocycles. The summed E-state index contributed by atoms with van der Waals surface area (Å²) in [5.74, 6) is 0.665. The molecule has 6 heteroatoms. The monoisotopic (exact) mass is 335 g/mol. The van der Waals surface area contributed by atoms with Gasteiger partial charge in [0.2, 0.25) is 0 Å². The van der Waals surface area contributed by atoms with E-state index in [0.29, 0.717) is 11.3 Å². The van der Waals surface area contributed by atoms with Crippen molar-refractivity contribution in [2.45, 2.75) is 25.7 Å². The van der Waals surface area contributed by atoms with Crippen molar-refractivity contribution >= 4 is 11.4 Å². The Bertz CT molecular complexity index is 832. The van der Waals surface area contributed by atoms with Gasteiger partial charge in [0.1, 0.15) is 6.07 Å². The van der Waals surface area contributed by atoms with Gasteiger partial charge in [0, 0.05) is 23.6 Å². The number of benzene rings is 2. The van der Waals surface area contributed by atoms with Crippen LogP contribution in [0.15, 0.2) is 53.7 Å². The van der Waals surface area contributed by atoms with E-state index < -0.39 is 4.92 Å². The van der Waals surface area contributed by atoms with Crippen LogP contribution in [0.3, 0.4) is 0 Å². The van der Waals surface area contributed by atoms with Crippen LogP contribution < -0.4 is 4.84 Å². The average molecular weight is 335 g/mol. The van der Waals surface area contributed by atoms with E-state index in [1.807, 2.05) is 0 Å². The average Bonchev–Trinajstić information content (AvgIpc) is 3.17. The van der Waals surface area contributed by atoms with Crippen molar-refractivity contribution in [3.05, 3.63) is 69.8 Å². The Labute approximate surface area is 145 Å². The number of rotatable bonds is 5. The van der Waals surface area contributed by atoms with Gasteiger partial charge in [0.15, 0.2) is 5.75 Å². The maximum absolute atomic E-state index is 10.8. The minimum absolute atomic E-state index is 0.0465. The summed E-state index contributed by atoms with van der Waals surface area (Å²) in [5.41, 5.74) is 2.05. The molecule has 1 saturated carbocycles. The van der Waals surface area contributed by atoms with E-state index >= 15 is 0 Å². The molecule has 0 radical (unpaired) electrons. The highest BCUT2D eigenvalue weighted by Crippen LogP contribution is 2.30. The second kappa shape index (κ2) is 7.58. The van der Waals surface area contributed by atoms with E-state index in [2.05, 4.69) is 11.2 Å². The van der Waals surface area contributed by atoms with Gasteiger partial charge < -0.3 is 4.84 Å². The highest BCUT2D eigenvalue weighted by atomic mass is 16.6. The summed E-state index contributed by atoms with van der Waals surface area (Å²) < 4.78 is 0. The first kappa shape index (κ1) is 16.7. The molecule has 0 bridgehead atoms. The van der Waals surface area contributed by atoms with E-state index in [4.69, 9.17) is 10.1 Å². The number of oxime groups is 1. The summed E-state index contributed by atoms with van der Waals surface area (Å²) in [7, 11) is 0. The predicted octanol–water partition coefficient (Wildman–Crippen LogP) is 4.44. The molecule has 25 heavy (non-hydrogen) atoms. The molecular formula is C19H17N3O3. The van der Waals surface area contributed by atoms with Crippen LogP contribution in [0.5, 0.6) is 5.75 Å². The first-order chi connectivity index (χ1) is 12.2. The zero-order valence-corrected chi connectivity index (χ0v) is 13.6. The molecule has 2 aromatic rings. The smallest absolute Gasteiger partial charge is 0.269 e. The Morgan fingerprint density at radius 1 is 1.16 bits per heavy atom. The minimum Gasteiger partial charge on any atom is -0.355 e. The minimum atomic E-state index is -0.421. The fourth-order valence-corrected chi connectivity index (χ4v) is 3.05. The van der Waals surface area contributed by atoms with Crippen LogP contribution in [-0.4, -0.2) is 10.6 Å². The molecule has 0 unspecified atom stereocenters.